The first-order chi connectivity index (χ1) is 29.5. The van der Waals surface area contributed by atoms with E-state index < -0.39 is 0 Å². The zero-order chi connectivity index (χ0) is 40.0. The van der Waals surface area contributed by atoms with E-state index in [-0.39, 0.29) is 5.41 Å². The number of benzene rings is 9. The molecular formula is C55H36N4S. The highest BCUT2D eigenvalue weighted by molar-refractivity contribution is 7.22. The summed E-state index contributed by atoms with van der Waals surface area (Å²) in [5.41, 5.74) is 12.4. The third-order valence-corrected chi connectivity index (χ3v) is 13.5. The maximum atomic E-state index is 5.21. The van der Waals surface area contributed by atoms with Crippen LogP contribution in [0.25, 0.3) is 110 Å². The van der Waals surface area contributed by atoms with Gasteiger partial charge in [0.25, 0.3) is 0 Å². The van der Waals surface area contributed by atoms with Gasteiger partial charge in [0.1, 0.15) is 5.01 Å². The van der Waals surface area contributed by atoms with Crippen molar-refractivity contribution in [3.63, 3.8) is 0 Å². The summed E-state index contributed by atoms with van der Waals surface area (Å²) in [7, 11) is 0. The summed E-state index contributed by atoms with van der Waals surface area (Å²) in [6.07, 6.45) is 0. The Morgan fingerprint density at radius 2 is 0.983 bits per heavy atom. The van der Waals surface area contributed by atoms with Crippen LogP contribution >= 0.6 is 11.3 Å². The average molecular weight is 785 g/mol. The van der Waals surface area contributed by atoms with E-state index in [2.05, 4.69) is 196 Å². The first-order valence-electron chi connectivity index (χ1n) is 20.4. The minimum atomic E-state index is -0.140. The lowest BCUT2D eigenvalue weighted by Crippen LogP contribution is -2.15. The third kappa shape index (κ3) is 5.43. The Morgan fingerprint density at radius 1 is 0.367 bits per heavy atom. The minimum absolute atomic E-state index is 0.140. The number of hydrogen-bond donors (Lipinski definition) is 0. The van der Waals surface area contributed by atoms with Gasteiger partial charge in [0.15, 0.2) is 17.5 Å². The van der Waals surface area contributed by atoms with Crippen LogP contribution in [-0.2, 0) is 5.41 Å². The van der Waals surface area contributed by atoms with Crippen LogP contribution < -0.4 is 0 Å². The van der Waals surface area contributed by atoms with Crippen LogP contribution in [0, 0.1) is 0 Å². The summed E-state index contributed by atoms with van der Waals surface area (Å²) in [6.45, 7) is 4.62. The first kappa shape index (κ1) is 34.7. The maximum absolute atomic E-state index is 5.21. The molecule has 2 aromatic heterocycles. The normalized spacial score (nSPS) is 13.0. The van der Waals surface area contributed by atoms with Crippen LogP contribution in [-0.4, -0.2) is 19.9 Å². The molecule has 2 heterocycles. The van der Waals surface area contributed by atoms with Crippen LogP contribution in [0.1, 0.15) is 25.0 Å². The largest absolute Gasteiger partial charge is 0.235 e. The van der Waals surface area contributed by atoms with Gasteiger partial charge < -0.3 is 0 Å². The van der Waals surface area contributed by atoms with Crippen molar-refractivity contribution >= 4 is 53.9 Å². The molecule has 0 bridgehead atoms. The number of aromatic nitrogens is 4. The molecule has 0 unspecified atom stereocenters. The van der Waals surface area contributed by atoms with E-state index >= 15 is 0 Å². The summed E-state index contributed by atoms with van der Waals surface area (Å²) in [6, 6.07) is 64.8. The van der Waals surface area contributed by atoms with Crippen molar-refractivity contribution in [3.8, 4) is 67.0 Å². The number of hydrogen-bond acceptors (Lipinski definition) is 5. The smallest absolute Gasteiger partial charge is 0.164 e. The zero-order valence-corrected chi connectivity index (χ0v) is 33.8. The molecule has 4 nitrogen and oxygen atoms in total. The molecule has 12 rings (SSSR count). The van der Waals surface area contributed by atoms with E-state index in [9.17, 15) is 0 Å². The second kappa shape index (κ2) is 13.3. The SMILES string of the molecule is CC1(C)c2ccccc2-c2ccc(-c3nc(-c4ccc(-c5ccc6c(c5)c5ccccc5c5nc(-c7ccccc7)sc65)cc4)nc(-c4cccc5ccccc45)n3)cc21. The highest BCUT2D eigenvalue weighted by atomic mass is 32.1. The number of fused-ring (bicyclic) bond motifs is 10. The monoisotopic (exact) mass is 784 g/mol. The first-order valence-corrected chi connectivity index (χ1v) is 21.2. The van der Waals surface area contributed by atoms with E-state index in [0.29, 0.717) is 17.5 Å². The second-order valence-corrected chi connectivity index (χ2v) is 17.2. The van der Waals surface area contributed by atoms with Gasteiger partial charge in [-0.3, -0.25) is 0 Å². The highest BCUT2D eigenvalue weighted by Gasteiger charge is 2.35. The molecule has 5 heteroatoms. The van der Waals surface area contributed by atoms with E-state index in [0.717, 1.165) is 54.7 Å². The molecule has 9 aromatic carbocycles. The molecule has 0 saturated carbocycles. The zero-order valence-electron chi connectivity index (χ0n) is 33.0. The standard InChI is InChI=1S/C55H36N4S/c1-55(2)47-22-11-10-19-41(47)42-29-28-38(32-48(42)55)52-57-51(58-53(59-52)45-21-12-16-34-13-6-7-17-39(34)45)35-25-23-33(24-26-35)37-27-30-44-46(31-37)40-18-8-9-20-43(40)49-50(44)60-54(56-49)36-14-4-3-5-15-36/h3-32H,1-2H3. The average Bonchev–Trinajstić information content (AvgIpc) is 3.86. The van der Waals surface area contributed by atoms with Crippen molar-refractivity contribution in [3.05, 3.63) is 193 Å². The van der Waals surface area contributed by atoms with E-state index in [1.165, 1.54) is 48.5 Å². The molecule has 0 atom stereocenters. The summed E-state index contributed by atoms with van der Waals surface area (Å²) < 4.78 is 1.22. The van der Waals surface area contributed by atoms with E-state index in [1.54, 1.807) is 11.3 Å². The lowest BCUT2D eigenvalue weighted by Gasteiger charge is -2.21. The molecule has 0 radical (unpaired) electrons. The Hall–Kier alpha value is -7.34. The molecule has 282 valence electrons. The topological polar surface area (TPSA) is 51.6 Å². The number of nitrogens with zero attached hydrogens (tertiary/aromatic N) is 4. The van der Waals surface area contributed by atoms with Gasteiger partial charge in [-0.2, -0.15) is 0 Å². The molecule has 0 spiro atoms. The van der Waals surface area contributed by atoms with Crippen molar-refractivity contribution in [1.29, 1.82) is 0 Å². The van der Waals surface area contributed by atoms with Crippen LogP contribution in [0.5, 0.6) is 0 Å². The molecule has 0 amide bonds. The van der Waals surface area contributed by atoms with Crippen molar-refractivity contribution in [2.45, 2.75) is 19.3 Å². The van der Waals surface area contributed by atoms with Gasteiger partial charge in [-0.15, -0.1) is 11.3 Å². The van der Waals surface area contributed by atoms with Crippen molar-refractivity contribution in [2.75, 3.05) is 0 Å². The molecule has 0 fully saturated rings. The Bertz CT molecular complexity index is 3510. The summed E-state index contributed by atoms with van der Waals surface area (Å²) >= 11 is 1.77. The molecule has 1 aliphatic rings. The molecule has 11 aromatic rings. The van der Waals surface area contributed by atoms with Crippen LogP contribution in [0.2, 0.25) is 0 Å². The van der Waals surface area contributed by atoms with Crippen molar-refractivity contribution < 1.29 is 0 Å². The Morgan fingerprint density at radius 3 is 1.83 bits per heavy atom. The van der Waals surface area contributed by atoms with Crippen LogP contribution in [0.3, 0.4) is 0 Å². The lowest BCUT2D eigenvalue weighted by atomic mass is 9.82. The second-order valence-electron chi connectivity index (χ2n) is 16.2. The van der Waals surface area contributed by atoms with Gasteiger partial charge in [-0.1, -0.05) is 184 Å². The minimum Gasteiger partial charge on any atom is -0.235 e. The molecule has 0 saturated heterocycles. The summed E-state index contributed by atoms with van der Waals surface area (Å²) in [4.78, 5) is 20.8. The predicted octanol–water partition coefficient (Wildman–Crippen LogP) is 14.6. The predicted molar refractivity (Wildman–Crippen MR) is 250 cm³/mol. The van der Waals surface area contributed by atoms with Crippen molar-refractivity contribution in [2.24, 2.45) is 0 Å². The summed E-state index contributed by atoms with van der Waals surface area (Å²) in [5.74, 6) is 1.96. The fourth-order valence-electron chi connectivity index (χ4n) is 9.29. The van der Waals surface area contributed by atoms with E-state index in [4.69, 9.17) is 19.9 Å². The van der Waals surface area contributed by atoms with Crippen molar-refractivity contribution in [1.82, 2.24) is 19.9 Å². The summed E-state index contributed by atoms with van der Waals surface area (Å²) in [5, 5.41) is 8.14. The molecule has 0 N–H and O–H groups in total. The Kier molecular flexibility index (Phi) is 7.72. The molecule has 1 aliphatic carbocycles. The lowest BCUT2D eigenvalue weighted by molar-refractivity contribution is 0.660. The molecular weight excluding hydrogens is 749 g/mol. The highest BCUT2D eigenvalue weighted by Crippen LogP contribution is 2.49. The van der Waals surface area contributed by atoms with Crippen LogP contribution in [0.4, 0.5) is 0 Å². The fourth-order valence-corrected chi connectivity index (χ4v) is 10.4. The van der Waals surface area contributed by atoms with E-state index in [1.807, 2.05) is 0 Å². The Labute approximate surface area is 351 Å². The molecule has 0 aliphatic heterocycles. The van der Waals surface area contributed by atoms with Gasteiger partial charge >= 0.3 is 0 Å². The number of thiazole rings is 1. The maximum Gasteiger partial charge on any atom is 0.164 e. The molecule has 60 heavy (non-hydrogen) atoms. The van der Waals surface area contributed by atoms with Gasteiger partial charge in [-0.05, 0) is 67.1 Å². The number of rotatable bonds is 5. The van der Waals surface area contributed by atoms with Crippen LogP contribution in [0.15, 0.2) is 182 Å². The quantitative estimate of drug-likeness (QED) is 0.163. The third-order valence-electron chi connectivity index (χ3n) is 12.4. The van der Waals surface area contributed by atoms with Gasteiger partial charge in [0.05, 0.1) is 10.2 Å². The van der Waals surface area contributed by atoms with Gasteiger partial charge in [0, 0.05) is 38.4 Å². The van der Waals surface area contributed by atoms with Gasteiger partial charge in [-0.25, -0.2) is 19.9 Å². The fraction of sp³-hybridized carbons (Fsp3) is 0.0545. The van der Waals surface area contributed by atoms with Gasteiger partial charge in [0.2, 0.25) is 0 Å². The Balaban J connectivity index is 0.974.